The summed E-state index contributed by atoms with van der Waals surface area (Å²) >= 11 is 0. The number of hydrogen-bond donors (Lipinski definition) is 1. The number of H-pyrrole nitrogens is 1. The van der Waals surface area contributed by atoms with Crippen molar-refractivity contribution in [3.63, 3.8) is 0 Å². The molecule has 5 rings (SSSR count). The van der Waals surface area contributed by atoms with Gasteiger partial charge in [-0.2, -0.15) is 5.10 Å². The minimum atomic E-state index is 0.265. The molecule has 2 aliphatic heterocycles. The van der Waals surface area contributed by atoms with E-state index in [-0.39, 0.29) is 5.91 Å². The number of nitrogens with one attached hydrogen (secondary N) is 1. The first-order chi connectivity index (χ1) is 15.6. The lowest BCUT2D eigenvalue weighted by atomic mass is 9.77. The van der Waals surface area contributed by atoms with E-state index in [1.807, 2.05) is 13.8 Å². The van der Waals surface area contributed by atoms with Crippen LogP contribution in [0.1, 0.15) is 59.7 Å². The van der Waals surface area contributed by atoms with Crippen LogP contribution in [0, 0.1) is 19.8 Å². The third-order valence-electron chi connectivity index (χ3n) is 7.94. The maximum atomic E-state index is 13.4. The number of nitrogens with zero attached hydrogens (tertiary/aromatic N) is 3. The highest BCUT2D eigenvalue weighted by Gasteiger charge is 2.45. The number of likely N-dealkylation sites (tertiary alicyclic amines) is 1. The average molecular weight is 437 g/mol. The van der Waals surface area contributed by atoms with Gasteiger partial charge >= 0.3 is 0 Å². The smallest absolute Gasteiger partial charge is 0.227 e. The van der Waals surface area contributed by atoms with Gasteiger partial charge in [-0.1, -0.05) is 37.1 Å². The average Bonchev–Trinajstić information content (AvgIpc) is 3.36. The van der Waals surface area contributed by atoms with Gasteiger partial charge in [-0.15, -0.1) is 0 Å². The molecule has 3 fully saturated rings. The molecular formula is C26H36N4O2. The number of hydrogen-bond acceptors (Lipinski definition) is 4. The standard InChI is InChI=1S/C26H36N4O2/c1-18-23(19(2)28-27-18)15-26(31)30-17-24(22-5-3-4-6-25(22)30)21-9-7-20(8-10-21)16-29-11-13-32-14-12-29/h7-10,22,24-25H,3-6,11-17H2,1-2H3,(H,27,28)/t22-,24-,25-/m1/s1. The second-order valence-electron chi connectivity index (χ2n) is 9.89. The van der Waals surface area contributed by atoms with E-state index in [2.05, 4.69) is 44.3 Å². The topological polar surface area (TPSA) is 61.5 Å². The highest BCUT2D eigenvalue weighted by molar-refractivity contribution is 5.80. The van der Waals surface area contributed by atoms with E-state index >= 15 is 0 Å². The van der Waals surface area contributed by atoms with E-state index in [0.29, 0.717) is 24.3 Å². The summed E-state index contributed by atoms with van der Waals surface area (Å²) in [6.45, 7) is 9.55. The molecule has 2 saturated heterocycles. The highest BCUT2D eigenvalue weighted by atomic mass is 16.5. The SMILES string of the molecule is Cc1n[nH]c(C)c1CC(=O)N1C[C@H](c2ccc(CN3CCOCC3)cc2)[C@H]2CCCC[C@H]21. The second-order valence-corrected chi connectivity index (χ2v) is 9.89. The van der Waals surface area contributed by atoms with E-state index in [0.717, 1.165) is 62.8 Å². The predicted octanol–water partition coefficient (Wildman–Crippen LogP) is 3.59. The lowest BCUT2D eigenvalue weighted by molar-refractivity contribution is -0.132. The Labute approximate surface area is 191 Å². The van der Waals surface area contributed by atoms with Crippen molar-refractivity contribution < 1.29 is 9.53 Å². The van der Waals surface area contributed by atoms with Crippen LogP contribution in [0.25, 0.3) is 0 Å². The zero-order valence-electron chi connectivity index (χ0n) is 19.5. The number of carbonyl (C=O) groups is 1. The predicted molar refractivity (Wildman–Crippen MR) is 125 cm³/mol. The first kappa shape index (κ1) is 21.7. The summed E-state index contributed by atoms with van der Waals surface area (Å²) < 4.78 is 5.47. The third-order valence-corrected chi connectivity index (χ3v) is 7.94. The molecule has 172 valence electrons. The summed E-state index contributed by atoms with van der Waals surface area (Å²) in [6, 6.07) is 9.63. The maximum absolute atomic E-state index is 13.4. The van der Waals surface area contributed by atoms with Gasteiger partial charge in [-0.3, -0.25) is 14.8 Å². The van der Waals surface area contributed by atoms with Gasteiger partial charge in [0.1, 0.15) is 0 Å². The van der Waals surface area contributed by atoms with Gasteiger partial charge in [0, 0.05) is 49.4 Å². The molecule has 3 heterocycles. The van der Waals surface area contributed by atoms with Crippen LogP contribution in [0.3, 0.4) is 0 Å². The number of morpholine rings is 1. The third kappa shape index (κ3) is 4.35. The minimum absolute atomic E-state index is 0.265. The van der Waals surface area contributed by atoms with Crippen molar-refractivity contribution in [2.24, 2.45) is 5.92 Å². The molecule has 1 N–H and O–H groups in total. The van der Waals surface area contributed by atoms with Crippen molar-refractivity contribution in [2.75, 3.05) is 32.8 Å². The second kappa shape index (κ2) is 9.36. The van der Waals surface area contributed by atoms with Gasteiger partial charge in [0.2, 0.25) is 5.91 Å². The lowest BCUT2D eigenvalue weighted by Gasteiger charge is -2.32. The van der Waals surface area contributed by atoms with E-state index in [1.54, 1.807) is 0 Å². The molecule has 0 bridgehead atoms. The Balaban J connectivity index is 1.30. The largest absolute Gasteiger partial charge is 0.379 e. The Bertz CT molecular complexity index is 912. The van der Waals surface area contributed by atoms with Crippen molar-refractivity contribution in [3.05, 3.63) is 52.3 Å². The number of aromatic amines is 1. The van der Waals surface area contributed by atoms with Crippen LogP contribution in [-0.4, -0.2) is 64.8 Å². The number of carbonyl (C=O) groups excluding carboxylic acids is 1. The normalized spacial score (nSPS) is 26.3. The van der Waals surface area contributed by atoms with Gasteiger partial charge in [-0.25, -0.2) is 0 Å². The maximum Gasteiger partial charge on any atom is 0.227 e. The fourth-order valence-electron chi connectivity index (χ4n) is 6.09. The first-order valence-electron chi connectivity index (χ1n) is 12.3. The molecule has 3 atom stereocenters. The molecule has 0 spiro atoms. The van der Waals surface area contributed by atoms with E-state index in [9.17, 15) is 4.79 Å². The lowest BCUT2D eigenvalue weighted by Crippen LogP contribution is -2.40. The molecule has 0 unspecified atom stereocenters. The molecule has 6 nitrogen and oxygen atoms in total. The molecule has 0 radical (unpaired) electrons. The van der Waals surface area contributed by atoms with Crippen LogP contribution in [-0.2, 0) is 22.5 Å². The number of fused-ring (bicyclic) bond motifs is 1. The summed E-state index contributed by atoms with van der Waals surface area (Å²) in [5.74, 6) is 1.30. The van der Waals surface area contributed by atoms with E-state index in [1.165, 1.54) is 30.4 Å². The van der Waals surface area contributed by atoms with Crippen LogP contribution < -0.4 is 0 Å². The molecule has 1 aromatic carbocycles. The summed E-state index contributed by atoms with van der Waals surface area (Å²) in [7, 11) is 0. The molecule has 1 saturated carbocycles. The number of benzene rings is 1. The molecular weight excluding hydrogens is 400 g/mol. The Morgan fingerprint density at radius 1 is 1.12 bits per heavy atom. The van der Waals surface area contributed by atoms with Crippen molar-refractivity contribution in [1.82, 2.24) is 20.0 Å². The summed E-state index contributed by atoms with van der Waals surface area (Å²) in [4.78, 5) is 18.1. The zero-order chi connectivity index (χ0) is 22.1. The van der Waals surface area contributed by atoms with E-state index < -0.39 is 0 Å². The first-order valence-corrected chi connectivity index (χ1v) is 12.3. The molecule has 6 heteroatoms. The number of aromatic nitrogens is 2. The Morgan fingerprint density at radius 2 is 1.88 bits per heavy atom. The zero-order valence-corrected chi connectivity index (χ0v) is 19.5. The van der Waals surface area contributed by atoms with Crippen molar-refractivity contribution >= 4 is 5.91 Å². The highest BCUT2D eigenvalue weighted by Crippen LogP contribution is 2.45. The molecule has 32 heavy (non-hydrogen) atoms. The Morgan fingerprint density at radius 3 is 2.59 bits per heavy atom. The quantitative estimate of drug-likeness (QED) is 0.778. The van der Waals surface area contributed by atoms with E-state index in [4.69, 9.17) is 4.74 Å². The van der Waals surface area contributed by atoms with Crippen molar-refractivity contribution in [3.8, 4) is 0 Å². The minimum Gasteiger partial charge on any atom is -0.379 e. The van der Waals surface area contributed by atoms with Gasteiger partial charge in [-0.05, 0) is 43.7 Å². The van der Waals surface area contributed by atoms with Gasteiger partial charge in [0.25, 0.3) is 0 Å². The molecule has 1 aromatic heterocycles. The Kier molecular flexibility index (Phi) is 6.33. The molecule has 1 amide bonds. The van der Waals surface area contributed by atoms with Crippen LogP contribution in [0.2, 0.25) is 0 Å². The number of aryl methyl sites for hydroxylation is 2. The Hall–Kier alpha value is -2.18. The number of ether oxygens (including phenoxy) is 1. The summed E-state index contributed by atoms with van der Waals surface area (Å²) in [6.07, 6.45) is 5.36. The monoisotopic (exact) mass is 436 g/mol. The number of rotatable bonds is 5. The molecule has 2 aromatic rings. The molecule has 3 aliphatic rings. The van der Waals surface area contributed by atoms with Gasteiger partial charge < -0.3 is 9.64 Å². The van der Waals surface area contributed by atoms with Crippen molar-refractivity contribution in [2.45, 2.75) is 64.5 Å². The van der Waals surface area contributed by atoms with Gasteiger partial charge in [0.15, 0.2) is 0 Å². The summed E-state index contributed by atoms with van der Waals surface area (Å²) in [5, 5.41) is 7.31. The number of amides is 1. The van der Waals surface area contributed by atoms with Gasteiger partial charge in [0.05, 0.1) is 25.3 Å². The van der Waals surface area contributed by atoms with Crippen LogP contribution in [0.4, 0.5) is 0 Å². The fraction of sp³-hybridized carbons (Fsp3) is 0.615. The van der Waals surface area contributed by atoms with Crippen LogP contribution >= 0.6 is 0 Å². The fourth-order valence-corrected chi connectivity index (χ4v) is 6.09. The van der Waals surface area contributed by atoms with Crippen LogP contribution in [0.15, 0.2) is 24.3 Å². The van der Waals surface area contributed by atoms with Crippen LogP contribution in [0.5, 0.6) is 0 Å². The summed E-state index contributed by atoms with van der Waals surface area (Å²) in [5.41, 5.74) is 5.80. The molecule has 1 aliphatic carbocycles. The van der Waals surface area contributed by atoms with Crippen molar-refractivity contribution in [1.29, 1.82) is 0 Å².